The van der Waals surface area contributed by atoms with Gasteiger partial charge in [0.2, 0.25) is 0 Å². The third-order valence-electron chi connectivity index (χ3n) is 5.81. The van der Waals surface area contributed by atoms with Crippen LogP contribution in [0.15, 0.2) is 18.2 Å². The molecule has 0 aliphatic carbocycles. The maximum absolute atomic E-state index is 6.19. The summed E-state index contributed by atoms with van der Waals surface area (Å²) in [5.41, 5.74) is 1.48. The molecule has 0 radical (unpaired) electrons. The van der Waals surface area contributed by atoms with Crippen LogP contribution in [0.2, 0.25) is 0 Å². The monoisotopic (exact) mass is 361 g/mol. The Morgan fingerprint density at radius 1 is 1.08 bits per heavy atom. The molecule has 2 aliphatic rings. The second-order valence-electron chi connectivity index (χ2n) is 8.21. The molecule has 0 unspecified atom stereocenters. The Balaban J connectivity index is 1.57. The molecule has 0 N–H and O–H groups in total. The van der Waals surface area contributed by atoms with Gasteiger partial charge in [-0.05, 0) is 58.1 Å². The molecular formula is C20H32BNO4. The average molecular weight is 361 g/mol. The first-order chi connectivity index (χ1) is 12.3. The van der Waals surface area contributed by atoms with E-state index in [0.29, 0.717) is 6.61 Å². The zero-order chi connectivity index (χ0) is 18.8. The summed E-state index contributed by atoms with van der Waals surface area (Å²) in [6, 6.07) is 6.11. The summed E-state index contributed by atoms with van der Waals surface area (Å²) in [5, 5.41) is 0. The second kappa shape index (κ2) is 7.89. The van der Waals surface area contributed by atoms with Crippen molar-refractivity contribution in [3.8, 4) is 5.75 Å². The summed E-state index contributed by atoms with van der Waals surface area (Å²) in [6.07, 6.45) is 1.01. The molecule has 0 amide bonds. The van der Waals surface area contributed by atoms with Gasteiger partial charge in [0.05, 0.1) is 31.0 Å². The lowest BCUT2D eigenvalue weighted by Crippen LogP contribution is -2.41. The minimum atomic E-state index is -0.350. The minimum Gasteiger partial charge on any atom is -0.493 e. The molecule has 144 valence electrons. The van der Waals surface area contributed by atoms with Crippen molar-refractivity contribution >= 4 is 12.6 Å². The van der Waals surface area contributed by atoms with Gasteiger partial charge in [0, 0.05) is 19.6 Å². The van der Waals surface area contributed by atoms with Crippen molar-refractivity contribution in [2.75, 3.05) is 39.5 Å². The van der Waals surface area contributed by atoms with Crippen LogP contribution in [0.25, 0.3) is 0 Å². The Kier molecular flexibility index (Phi) is 5.97. The summed E-state index contributed by atoms with van der Waals surface area (Å²) >= 11 is 0. The third kappa shape index (κ3) is 4.25. The van der Waals surface area contributed by atoms with Crippen LogP contribution in [0, 0.1) is 6.92 Å². The van der Waals surface area contributed by atoms with Crippen LogP contribution in [-0.2, 0) is 14.0 Å². The number of benzene rings is 1. The molecule has 2 heterocycles. The van der Waals surface area contributed by atoms with Gasteiger partial charge in [-0.15, -0.1) is 0 Å². The summed E-state index contributed by atoms with van der Waals surface area (Å²) in [4.78, 5) is 2.43. The number of ether oxygens (including phenoxy) is 2. The van der Waals surface area contributed by atoms with E-state index in [0.717, 1.165) is 56.0 Å². The standard InChI is InChI=1S/C20H32BNO4/c1-16-17(21-25-19(2,3)20(4,5)26-21)8-6-9-18(16)24-13-7-10-22-11-14-23-15-12-22/h6,8-9H,7,10-15H2,1-5H3. The molecule has 0 spiro atoms. The predicted molar refractivity (Wildman–Crippen MR) is 104 cm³/mol. The highest BCUT2D eigenvalue weighted by Crippen LogP contribution is 2.37. The topological polar surface area (TPSA) is 40.2 Å². The Bertz CT molecular complexity index is 598. The quantitative estimate of drug-likeness (QED) is 0.575. The Hall–Kier alpha value is -1.08. The normalized spacial score (nSPS) is 22.6. The molecule has 6 heteroatoms. The number of morpholine rings is 1. The second-order valence-corrected chi connectivity index (χ2v) is 8.21. The van der Waals surface area contributed by atoms with Crippen molar-refractivity contribution in [2.24, 2.45) is 0 Å². The Labute approximate surface area is 158 Å². The van der Waals surface area contributed by atoms with E-state index >= 15 is 0 Å². The molecule has 2 saturated heterocycles. The van der Waals surface area contributed by atoms with Crippen LogP contribution < -0.4 is 10.2 Å². The van der Waals surface area contributed by atoms with Crippen molar-refractivity contribution in [3.63, 3.8) is 0 Å². The molecule has 5 nitrogen and oxygen atoms in total. The molecule has 0 saturated carbocycles. The molecule has 0 atom stereocenters. The van der Waals surface area contributed by atoms with E-state index in [1.165, 1.54) is 0 Å². The van der Waals surface area contributed by atoms with Gasteiger partial charge in [-0.25, -0.2) is 0 Å². The van der Waals surface area contributed by atoms with Gasteiger partial charge in [-0.3, -0.25) is 4.90 Å². The largest absolute Gasteiger partial charge is 0.495 e. The van der Waals surface area contributed by atoms with E-state index in [9.17, 15) is 0 Å². The van der Waals surface area contributed by atoms with Crippen LogP contribution in [0.5, 0.6) is 5.75 Å². The van der Waals surface area contributed by atoms with Crippen molar-refractivity contribution in [2.45, 2.75) is 52.2 Å². The van der Waals surface area contributed by atoms with Crippen molar-refractivity contribution in [1.82, 2.24) is 4.90 Å². The molecule has 2 aliphatic heterocycles. The highest BCUT2D eigenvalue weighted by Gasteiger charge is 2.52. The molecule has 1 aromatic carbocycles. The molecule has 26 heavy (non-hydrogen) atoms. The molecular weight excluding hydrogens is 329 g/mol. The SMILES string of the molecule is Cc1c(OCCCN2CCOCC2)cccc1B1OC(C)(C)C(C)(C)O1. The highest BCUT2D eigenvalue weighted by molar-refractivity contribution is 6.62. The lowest BCUT2D eigenvalue weighted by atomic mass is 9.76. The van der Waals surface area contributed by atoms with Gasteiger partial charge in [0.15, 0.2) is 0 Å². The minimum absolute atomic E-state index is 0.334. The van der Waals surface area contributed by atoms with Gasteiger partial charge >= 0.3 is 7.12 Å². The average Bonchev–Trinajstić information content (AvgIpc) is 2.81. The Morgan fingerprint density at radius 3 is 2.38 bits per heavy atom. The van der Waals surface area contributed by atoms with E-state index in [1.807, 2.05) is 12.1 Å². The van der Waals surface area contributed by atoms with Gasteiger partial charge in [-0.1, -0.05) is 12.1 Å². The van der Waals surface area contributed by atoms with Crippen molar-refractivity contribution in [3.05, 3.63) is 23.8 Å². The summed E-state index contributed by atoms with van der Waals surface area (Å²) < 4.78 is 23.8. The lowest BCUT2D eigenvalue weighted by Gasteiger charge is -2.32. The van der Waals surface area contributed by atoms with E-state index in [4.69, 9.17) is 18.8 Å². The van der Waals surface area contributed by atoms with E-state index in [-0.39, 0.29) is 18.3 Å². The van der Waals surface area contributed by atoms with Crippen LogP contribution in [0.1, 0.15) is 39.7 Å². The number of rotatable bonds is 6. The number of nitrogens with zero attached hydrogens (tertiary/aromatic N) is 1. The molecule has 0 bridgehead atoms. The van der Waals surface area contributed by atoms with Crippen LogP contribution in [0.4, 0.5) is 0 Å². The first kappa shape index (κ1) is 19.7. The molecule has 2 fully saturated rings. The molecule has 3 rings (SSSR count). The maximum Gasteiger partial charge on any atom is 0.495 e. The smallest absolute Gasteiger partial charge is 0.493 e. The zero-order valence-electron chi connectivity index (χ0n) is 16.8. The van der Waals surface area contributed by atoms with Crippen molar-refractivity contribution in [1.29, 1.82) is 0 Å². The fraction of sp³-hybridized carbons (Fsp3) is 0.700. The fourth-order valence-electron chi connectivity index (χ4n) is 3.31. The zero-order valence-corrected chi connectivity index (χ0v) is 16.8. The number of hydrogen-bond acceptors (Lipinski definition) is 5. The van der Waals surface area contributed by atoms with Crippen LogP contribution in [-0.4, -0.2) is 62.7 Å². The first-order valence-corrected chi connectivity index (χ1v) is 9.68. The number of hydrogen-bond donors (Lipinski definition) is 0. The van der Waals surface area contributed by atoms with Gasteiger partial charge in [0.25, 0.3) is 0 Å². The predicted octanol–water partition coefficient (Wildman–Crippen LogP) is 2.40. The molecule has 0 aromatic heterocycles. The van der Waals surface area contributed by atoms with Crippen LogP contribution >= 0.6 is 0 Å². The summed E-state index contributed by atoms with van der Waals surface area (Å²) in [7, 11) is -0.350. The van der Waals surface area contributed by atoms with Gasteiger partial charge in [0.1, 0.15) is 5.75 Å². The molecule has 1 aromatic rings. The highest BCUT2D eigenvalue weighted by atomic mass is 16.7. The first-order valence-electron chi connectivity index (χ1n) is 9.68. The van der Waals surface area contributed by atoms with Crippen molar-refractivity contribution < 1.29 is 18.8 Å². The fourth-order valence-corrected chi connectivity index (χ4v) is 3.31. The van der Waals surface area contributed by atoms with Crippen LogP contribution in [0.3, 0.4) is 0 Å². The van der Waals surface area contributed by atoms with E-state index in [1.54, 1.807) is 0 Å². The van der Waals surface area contributed by atoms with Gasteiger partial charge in [-0.2, -0.15) is 0 Å². The Morgan fingerprint density at radius 2 is 1.73 bits per heavy atom. The lowest BCUT2D eigenvalue weighted by molar-refractivity contribution is 0.00578. The maximum atomic E-state index is 6.19. The summed E-state index contributed by atoms with van der Waals surface area (Å²) in [6.45, 7) is 15.9. The van der Waals surface area contributed by atoms with Gasteiger partial charge < -0.3 is 18.8 Å². The van der Waals surface area contributed by atoms with E-state index < -0.39 is 0 Å². The third-order valence-corrected chi connectivity index (χ3v) is 5.81. The van der Waals surface area contributed by atoms with E-state index in [2.05, 4.69) is 45.6 Å². The summed E-state index contributed by atoms with van der Waals surface area (Å²) in [5.74, 6) is 0.916.